The standard InChI is InChI=1S/C2H2N4.ClH.2H2O/c1-2-4-6-5-3-1;;;/h1-2H;1H;2*1H2. The van der Waals surface area contributed by atoms with Gasteiger partial charge in [-0.1, -0.05) is 0 Å². The molecule has 7 heteroatoms. The van der Waals surface area contributed by atoms with E-state index in [1.54, 1.807) is 0 Å². The normalized spacial score (nSPS) is 5.33. The predicted molar refractivity (Wildman–Crippen MR) is 32.1 cm³/mol. The lowest BCUT2D eigenvalue weighted by Crippen LogP contribution is -1.84. The zero-order valence-electron chi connectivity index (χ0n) is 4.35. The maximum Gasteiger partial charge on any atom is 0.0716 e. The highest BCUT2D eigenvalue weighted by atomic mass is 35.5. The second-order valence-corrected chi connectivity index (χ2v) is 0.708. The van der Waals surface area contributed by atoms with Crippen molar-refractivity contribution >= 4 is 12.4 Å². The van der Waals surface area contributed by atoms with Crippen molar-refractivity contribution in [2.24, 2.45) is 0 Å². The van der Waals surface area contributed by atoms with Crippen molar-refractivity contribution in [1.29, 1.82) is 0 Å². The Labute approximate surface area is 57.3 Å². The number of hydrogen-bond acceptors (Lipinski definition) is 4. The zero-order chi connectivity index (χ0) is 4.24. The molecule has 0 unspecified atom stereocenters. The molecule has 0 aliphatic carbocycles. The monoisotopic (exact) mass is 154 g/mol. The molecule has 9 heavy (non-hydrogen) atoms. The predicted octanol–water partition coefficient (Wildman–Crippen LogP) is -1.96. The van der Waals surface area contributed by atoms with Crippen molar-refractivity contribution in [1.82, 2.24) is 20.6 Å². The minimum atomic E-state index is 0. The van der Waals surface area contributed by atoms with E-state index in [0.29, 0.717) is 0 Å². The topological polar surface area (TPSA) is 115 Å². The van der Waals surface area contributed by atoms with Crippen LogP contribution in [0.3, 0.4) is 0 Å². The van der Waals surface area contributed by atoms with Gasteiger partial charge in [-0.3, -0.25) is 0 Å². The summed E-state index contributed by atoms with van der Waals surface area (Å²) in [5, 5.41) is 13.1. The second kappa shape index (κ2) is 10.2. The second-order valence-electron chi connectivity index (χ2n) is 0.708. The summed E-state index contributed by atoms with van der Waals surface area (Å²) in [6, 6.07) is 0. The summed E-state index contributed by atoms with van der Waals surface area (Å²) in [7, 11) is 0. The van der Waals surface area contributed by atoms with Crippen LogP contribution in [0.25, 0.3) is 0 Å². The van der Waals surface area contributed by atoms with Crippen LogP contribution in [0.4, 0.5) is 0 Å². The lowest BCUT2D eigenvalue weighted by Gasteiger charge is -1.67. The van der Waals surface area contributed by atoms with E-state index in [9.17, 15) is 0 Å². The van der Waals surface area contributed by atoms with Gasteiger partial charge in [0.1, 0.15) is 0 Å². The van der Waals surface area contributed by atoms with E-state index in [-0.39, 0.29) is 23.4 Å². The molecule has 0 bridgehead atoms. The Balaban J connectivity index is -0.000000120. The Morgan fingerprint density at radius 3 is 1.22 bits per heavy atom. The molecule has 0 spiro atoms. The van der Waals surface area contributed by atoms with Gasteiger partial charge < -0.3 is 11.0 Å². The highest BCUT2D eigenvalue weighted by molar-refractivity contribution is 5.85. The minimum Gasteiger partial charge on any atom is -0.412 e. The van der Waals surface area contributed by atoms with E-state index >= 15 is 0 Å². The summed E-state index contributed by atoms with van der Waals surface area (Å²) in [6.45, 7) is 0. The third-order valence-electron chi connectivity index (χ3n) is 0.343. The van der Waals surface area contributed by atoms with E-state index in [1.165, 1.54) is 12.4 Å². The van der Waals surface area contributed by atoms with E-state index in [2.05, 4.69) is 20.6 Å². The molecule has 0 aliphatic rings. The summed E-state index contributed by atoms with van der Waals surface area (Å²) < 4.78 is 0. The van der Waals surface area contributed by atoms with Gasteiger partial charge in [-0.15, -0.1) is 22.6 Å². The van der Waals surface area contributed by atoms with Gasteiger partial charge in [0.05, 0.1) is 12.4 Å². The molecule has 0 aliphatic heterocycles. The molecule has 4 N–H and O–H groups in total. The summed E-state index contributed by atoms with van der Waals surface area (Å²) in [5.74, 6) is 0. The average Bonchev–Trinajstić information content (AvgIpc) is 1.72. The molecular formula is C2H7ClN4O2. The maximum atomic E-state index is 3.36. The largest absolute Gasteiger partial charge is 0.412 e. The lowest BCUT2D eigenvalue weighted by atomic mass is 11.0. The molecule has 0 atom stereocenters. The van der Waals surface area contributed by atoms with Gasteiger partial charge in [0.2, 0.25) is 0 Å². The molecule has 1 heterocycles. The molecule has 6 nitrogen and oxygen atoms in total. The van der Waals surface area contributed by atoms with Crippen LogP contribution in [0.1, 0.15) is 0 Å². The van der Waals surface area contributed by atoms with Gasteiger partial charge in [-0.05, 0) is 10.4 Å². The number of hydrogen-bond donors (Lipinski definition) is 0. The quantitative estimate of drug-likeness (QED) is 0.431. The van der Waals surface area contributed by atoms with Gasteiger partial charge in [-0.2, -0.15) is 0 Å². The third kappa shape index (κ3) is 7.15. The van der Waals surface area contributed by atoms with Crippen molar-refractivity contribution in [3.63, 3.8) is 0 Å². The Morgan fingerprint density at radius 1 is 0.778 bits per heavy atom. The van der Waals surface area contributed by atoms with Gasteiger partial charge in [-0.25, -0.2) is 0 Å². The highest BCUT2D eigenvalue weighted by Gasteiger charge is 1.61. The van der Waals surface area contributed by atoms with Crippen LogP contribution >= 0.6 is 12.4 Å². The number of rotatable bonds is 0. The Kier molecular flexibility index (Phi) is 17.8. The first-order valence-corrected chi connectivity index (χ1v) is 1.45. The van der Waals surface area contributed by atoms with Crippen LogP contribution in [-0.4, -0.2) is 31.6 Å². The highest BCUT2D eigenvalue weighted by Crippen LogP contribution is 1.53. The molecular weight excluding hydrogens is 148 g/mol. The molecule has 0 amide bonds. The van der Waals surface area contributed by atoms with Gasteiger partial charge >= 0.3 is 0 Å². The molecule has 0 aromatic carbocycles. The van der Waals surface area contributed by atoms with E-state index < -0.39 is 0 Å². The number of nitrogens with zero attached hydrogens (tertiary/aromatic N) is 4. The van der Waals surface area contributed by atoms with Crippen molar-refractivity contribution in [2.75, 3.05) is 0 Å². The summed E-state index contributed by atoms with van der Waals surface area (Å²) >= 11 is 0. The van der Waals surface area contributed by atoms with Crippen LogP contribution in [0.5, 0.6) is 0 Å². The van der Waals surface area contributed by atoms with Crippen molar-refractivity contribution in [3.8, 4) is 0 Å². The van der Waals surface area contributed by atoms with Crippen LogP contribution in [0, 0.1) is 0 Å². The first-order valence-electron chi connectivity index (χ1n) is 1.45. The molecule has 0 saturated heterocycles. The smallest absolute Gasteiger partial charge is 0.0716 e. The number of aromatic nitrogens is 4. The van der Waals surface area contributed by atoms with Crippen molar-refractivity contribution in [2.45, 2.75) is 0 Å². The molecule has 0 radical (unpaired) electrons. The van der Waals surface area contributed by atoms with Crippen LogP contribution in [0.2, 0.25) is 0 Å². The fourth-order valence-corrected chi connectivity index (χ4v) is 0.165. The SMILES string of the molecule is Cl.O.O.c1cnnnn1. The van der Waals surface area contributed by atoms with E-state index in [0.717, 1.165) is 0 Å². The summed E-state index contributed by atoms with van der Waals surface area (Å²) in [5.41, 5.74) is 0. The van der Waals surface area contributed by atoms with Crippen LogP contribution in [-0.2, 0) is 0 Å². The number of halogens is 1. The van der Waals surface area contributed by atoms with Crippen molar-refractivity contribution < 1.29 is 11.0 Å². The third-order valence-corrected chi connectivity index (χ3v) is 0.343. The minimum absolute atomic E-state index is 0. The van der Waals surface area contributed by atoms with Crippen LogP contribution in [0.15, 0.2) is 12.4 Å². The summed E-state index contributed by atoms with van der Waals surface area (Å²) in [6.07, 6.45) is 2.93. The van der Waals surface area contributed by atoms with E-state index in [4.69, 9.17) is 0 Å². The Bertz CT molecular complexity index is 88.5. The molecule has 1 aromatic rings. The fourth-order valence-electron chi connectivity index (χ4n) is 0.165. The lowest BCUT2D eigenvalue weighted by molar-refractivity contribution is 0.761. The first-order chi connectivity index (χ1) is 3.00. The molecule has 1 rings (SSSR count). The molecule has 0 fully saturated rings. The Hall–Kier alpha value is -0.850. The molecule has 1 aromatic heterocycles. The van der Waals surface area contributed by atoms with Crippen LogP contribution < -0.4 is 0 Å². The first kappa shape index (κ1) is 15.7. The van der Waals surface area contributed by atoms with E-state index in [1.807, 2.05) is 0 Å². The van der Waals surface area contributed by atoms with Gasteiger partial charge in [0, 0.05) is 0 Å². The summed E-state index contributed by atoms with van der Waals surface area (Å²) in [4.78, 5) is 0. The maximum absolute atomic E-state index is 3.36. The van der Waals surface area contributed by atoms with Gasteiger partial charge in [0.15, 0.2) is 0 Å². The zero-order valence-corrected chi connectivity index (χ0v) is 5.17. The average molecular weight is 155 g/mol. The molecule has 0 saturated carbocycles. The van der Waals surface area contributed by atoms with Gasteiger partial charge in [0.25, 0.3) is 0 Å². The fraction of sp³-hybridized carbons (Fsp3) is 0. The molecule has 54 valence electrons. The van der Waals surface area contributed by atoms with Crippen molar-refractivity contribution in [3.05, 3.63) is 12.4 Å². The Morgan fingerprint density at radius 2 is 1.11 bits per heavy atom.